The van der Waals surface area contributed by atoms with Crippen LogP contribution in [0.25, 0.3) is 6.08 Å². The van der Waals surface area contributed by atoms with Crippen LogP contribution < -0.4 is 5.73 Å². The highest BCUT2D eigenvalue weighted by atomic mass is 16.6. The van der Waals surface area contributed by atoms with E-state index < -0.39 is 17.5 Å². The summed E-state index contributed by atoms with van der Waals surface area (Å²) < 4.78 is 10.4. The lowest BCUT2D eigenvalue weighted by Gasteiger charge is -2.23. The topological polar surface area (TPSA) is 95.7 Å². The van der Waals surface area contributed by atoms with Gasteiger partial charge in [0.25, 0.3) is 0 Å². The van der Waals surface area contributed by atoms with E-state index in [1.807, 2.05) is 20.8 Å². The first-order valence-corrected chi connectivity index (χ1v) is 9.32. The molecule has 0 heterocycles. The summed E-state index contributed by atoms with van der Waals surface area (Å²) in [6, 6.07) is 3.37. The smallest absolute Gasteiger partial charge is 0.334 e. The number of primary amides is 1. The molecule has 1 rings (SSSR count). The molecule has 0 saturated carbocycles. The number of esters is 2. The molecule has 2 N–H and O–H groups in total. The minimum Gasteiger partial charge on any atom is -0.466 e. The van der Waals surface area contributed by atoms with E-state index in [-0.39, 0.29) is 18.3 Å². The molecule has 0 aliphatic heterocycles. The molecule has 0 aliphatic rings. The van der Waals surface area contributed by atoms with Crippen LogP contribution in [0.3, 0.4) is 0 Å². The quantitative estimate of drug-likeness (QED) is 0.566. The Labute approximate surface area is 167 Å². The van der Waals surface area contributed by atoms with Gasteiger partial charge >= 0.3 is 11.9 Å². The summed E-state index contributed by atoms with van der Waals surface area (Å²) in [4.78, 5) is 36.2. The summed E-state index contributed by atoms with van der Waals surface area (Å²) in [5, 5.41) is 0. The Morgan fingerprint density at radius 1 is 1.14 bits per heavy atom. The van der Waals surface area contributed by atoms with Gasteiger partial charge in [-0.2, -0.15) is 0 Å². The molecule has 0 saturated heterocycles. The molecule has 1 aromatic carbocycles. The summed E-state index contributed by atoms with van der Waals surface area (Å²) >= 11 is 0. The van der Waals surface area contributed by atoms with Gasteiger partial charge in [0, 0.05) is 17.1 Å². The zero-order valence-corrected chi connectivity index (χ0v) is 17.8. The molecule has 6 nitrogen and oxygen atoms in total. The Morgan fingerprint density at radius 2 is 1.68 bits per heavy atom. The second-order valence-electron chi connectivity index (χ2n) is 7.87. The van der Waals surface area contributed by atoms with E-state index in [1.165, 1.54) is 7.11 Å². The zero-order chi connectivity index (χ0) is 21.6. The van der Waals surface area contributed by atoms with Gasteiger partial charge in [0.15, 0.2) is 0 Å². The maximum absolute atomic E-state index is 12.5. The molecular weight excluding hydrogens is 358 g/mol. The Kier molecular flexibility index (Phi) is 7.97. The fourth-order valence-electron chi connectivity index (χ4n) is 3.02. The van der Waals surface area contributed by atoms with Crippen molar-refractivity contribution in [1.82, 2.24) is 0 Å². The third kappa shape index (κ3) is 6.51. The van der Waals surface area contributed by atoms with Crippen LogP contribution in [0.1, 0.15) is 67.6 Å². The van der Waals surface area contributed by atoms with Crippen LogP contribution in [-0.2, 0) is 19.1 Å². The molecule has 6 heteroatoms. The van der Waals surface area contributed by atoms with Gasteiger partial charge in [0.1, 0.15) is 5.60 Å². The largest absolute Gasteiger partial charge is 0.466 e. The van der Waals surface area contributed by atoms with Crippen LogP contribution in [-0.4, -0.2) is 30.6 Å². The fraction of sp³-hybridized carbons (Fsp3) is 0.500. The standard InChI is InChI=1S/C22H31NO5/c1-8-15(11-19(24)28-22(4,5)6)18(21(26)27-7)12-17-13(2)9-16(20(23)25)10-14(17)3/h9-10,12,15H,8,11H2,1-7H3,(H2,23,25)/b18-12+. The van der Waals surface area contributed by atoms with Crippen molar-refractivity contribution < 1.29 is 23.9 Å². The number of ether oxygens (including phenoxy) is 2. The highest BCUT2D eigenvalue weighted by Gasteiger charge is 2.26. The van der Waals surface area contributed by atoms with Gasteiger partial charge < -0.3 is 15.2 Å². The first-order valence-electron chi connectivity index (χ1n) is 9.32. The average Bonchev–Trinajstić information content (AvgIpc) is 2.57. The minimum atomic E-state index is -0.595. The van der Waals surface area contributed by atoms with Crippen molar-refractivity contribution in [2.45, 2.75) is 60.0 Å². The maximum Gasteiger partial charge on any atom is 0.334 e. The first-order chi connectivity index (χ1) is 12.9. The second-order valence-corrected chi connectivity index (χ2v) is 7.87. The van der Waals surface area contributed by atoms with Gasteiger partial charge in [-0.25, -0.2) is 4.79 Å². The monoisotopic (exact) mass is 389 g/mol. The van der Waals surface area contributed by atoms with Crippen LogP contribution in [0.15, 0.2) is 17.7 Å². The van der Waals surface area contributed by atoms with Gasteiger partial charge in [0.05, 0.1) is 13.5 Å². The molecule has 28 heavy (non-hydrogen) atoms. The number of carbonyl (C=O) groups excluding carboxylic acids is 3. The van der Waals surface area contributed by atoms with E-state index in [9.17, 15) is 14.4 Å². The van der Waals surface area contributed by atoms with Gasteiger partial charge in [-0.15, -0.1) is 0 Å². The van der Waals surface area contributed by atoms with Crippen molar-refractivity contribution in [3.8, 4) is 0 Å². The summed E-state index contributed by atoms with van der Waals surface area (Å²) in [7, 11) is 1.31. The Bertz CT molecular complexity index is 764. The lowest BCUT2D eigenvalue weighted by atomic mass is 9.89. The molecule has 1 unspecified atom stereocenters. The van der Waals surface area contributed by atoms with Crippen molar-refractivity contribution in [3.05, 3.63) is 40.0 Å². The molecule has 1 aromatic rings. The number of amides is 1. The molecule has 0 radical (unpaired) electrons. The van der Waals surface area contributed by atoms with Crippen molar-refractivity contribution in [3.63, 3.8) is 0 Å². The molecule has 0 spiro atoms. The van der Waals surface area contributed by atoms with Crippen molar-refractivity contribution in [1.29, 1.82) is 0 Å². The van der Waals surface area contributed by atoms with Gasteiger partial charge in [-0.3, -0.25) is 9.59 Å². The molecule has 0 aromatic heterocycles. The zero-order valence-electron chi connectivity index (χ0n) is 17.8. The van der Waals surface area contributed by atoms with E-state index >= 15 is 0 Å². The molecule has 1 amide bonds. The van der Waals surface area contributed by atoms with Crippen molar-refractivity contribution >= 4 is 23.9 Å². The number of aryl methyl sites for hydroxylation is 2. The Hall–Kier alpha value is -2.63. The van der Waals surface area contributed by atoms with Gasteiger partial charge in [-0.05, 0) is 75.9 Å². The van der Waals surface area contributed by atoms with E-state index in [1.54, 1.807) is 39.0 Å². The molecule has 0 fully saturated rings. The third-order valence-corrected chi connectivity index (χ3v) is 4.36. The van der Waals surface area contributed by atoms with Crippen LogP contribution in [0, 0.1) is 19.8 Å². The molecular formula is C22H31NO5. The van der Waals surface area contributed by atoms with Crippen LogP contribution >= 0.6 is 0 Å². The number of hydrogen-bond acceptors (Lipinski definition) is 5. The lowest BCUT2D eigenvalue weighted by molar-refractivity contribution is -0.155. The predicted octanol–water partition coefficient (Wildman–Crippen LogP) is 3.72. The molecule has 154 valence electrons. The van der Waals surface area contributed by atoms with Gasteiger partial charge in [-0.1, -0.05) is 6.92 Å². The Morgan fingerprint density at radius 3 is 2.07 bits per heavy atom. The van der Waals surface area contributed by atoms with Crippen LogP contribution in [0.2, 0.25) is 0 Å². The average molecular weight is 389 g/mol. The molecule has 1 atom stereocenters. The number of rotatable bonds is 7. The van der Waals surface area contributed by atoms with E-state index in [0.717, 1.165) is 16.7 Å². The summed E-state index contributed by atoms with van der Waals surface area (Å²) in [6.45, 7) is 11.0. The van der Waals surface area contributed by atoms with Gasteiger partial charge in [0.2, 0.25) is 5.91 Å². The van der Waals surface area contributed by atoms with E-state index in [4.69, 9.17) is 15.2 Å². The lowest BCUT2D eigenvalue weighted by Crippen LogP contribution is -2.26. The number of nitrogens with two attached hydrogens (primary N) is 1. The highest BCUT2D eigenvalue weighted by molar-refractivity contribution is 5.96. The molecule has 0 aliphatic carbocycles. The van der Waals surface area contributed by atoms with Crippen molar-refractivity contribution in [2.24, 2.45) is 11.7 Å². The SMILES string of the molecule is CCC(CC(=O)OC(C)(C)C)/C(=C\c1c(C)cc(C(N)=O)cc1C)C(=O)OC. The van der Waals surface area contributed by atoms with Crippen LogP contribution in [0.5, 0.6) is 0 Å². The Balaban J connectivity index is 3.35. The summed E-state index contributed by atoms with van der Waals surface area (Å²) in [5.41, 5.74) is 7.99. The van der Waals surface area contributed by atoms with Crippen LogP contribution in [0.4, 0.5) is 0 Å². The maximum atomic E-state index is 12.5. The molecule has 0 bridgehead atoms. The number of methoxy groups -OCH3 is 1. The van der Waals surface area contributed by atoms with Crippen molar-refractivity contribution in [2.75, 3.05) is 7.11 Å². The third-order valence-electron chi connectivity index (χ3n) is 4.36. The number of benzene rings is 1. The van der Waals surface area contributed by atoms with E-state index in [2.05, 4.69) is 0 Å². The number of hydrogen-bond donors (Lipinski definition) is 1. The second kappa shape index (κ2) is 9.53. The summed E-state index contributed by atoms with van der Waals surface area (Å²) in [6.07, 6.45) is 2.38. The number of carbonyl (C=O) groups is 3. The predicted molar refractivity (Wildman–Crippen MR) is 109 cm³/mol. The summed E-state index contributed by atoms with van der Waals surface area (Å²) in [5.74, 6) is -1.72. The minimum absolute atomic E-state index is 0.0756. The fourth-order valence-corrected chi connectivity index (χ4v) is 3.02. The normalized spacial score (nSPS) is 13.0. The van der Waals surface area contributed by atoms with E-state index in [0.29, 0.717) is 17.6 Å². The highest BCUT2D eigenvalue weighted by Crippen LogP contribution is 2.27. The first kappa shape index (κ1) is 23.4.